The van der Waals surface area contributed by atoms with Crippen LogP contribution in [0.1, 0.15) is 41.5 Å². The summed E-state index contributed by atoms with van der Waals surface area (Å²) in [6.45, 7) is 5.94. The molecular formula is C15H18N2O4. The van der Waals surface area contributed by atoms with Crippen LogP contribution in [0.25, 0.3) is 0 Å². The Balaban J connectivity index is 2.03. The molecule has 1 heterocycles. The molecule has 1 aliphatic heterocycles. The number of nitrogens with zero attached hydrogens (tertiary/aromatic N) is 1. The van der Waals surface area contributed by atoms with Crippen LogP contribution in [0, 0.1) is 5.92 Å². The van der Waals surface area contributed by atoms with E-state index in [0.29, 0.717) is 17.5 Å². The average Bonchev–Trinajstić information content (AvgIpc) is 2.70. The summed E-state index contributed by atoms with van der Waals surface area (Å²) < 4.78 is 0. The number of hydroxylamine groups is 2. The Hall–Kier alpha value is -2.21. The molecule has 21 heavy (non-hydrogen) atoms. The van der Waals surface area contributed by atoms with Crippen LogP contribution in [0.2, 0.25) is 0 Å². The predicted molar refractivity (Wildman–Crippen MR) is 75.3 cm³/mol. The van der Waals surface area contributed by atoms with Gasteiger partial charge in [-0.3, -0.25) is 14.4 Å². The van der Waals surface area contributed by atoms with Crippen LogP contribution in [-0.2, 0) is 9.63 Å². The standard InChI is InChI=1S/C15H18N2O4/c1-9(2)8-16-13(18)10(3)21-17-14(19)11-6-4-5-7-12(11)15(17)20/h4-7,9-10H,8H2,1-3H3,(H,16,18)/t10-/m0/s1. The summed E-state index contributed by atoms with van der Waals surface area (Å²) in [6.07, 6.45) is -0.925. The molecule has 0 saturated carbocycles. The van der Waals surface area contributed by atoms with Crippen molar-refractivity contribution in [1.29, 1.82) is 0 Å². The van der Waals surface area contributed by atoms with Crippen LogP contribution < -0.4 is 5.32 Å². The van der Waals surface area contributed by atoms with Crippen molar-refractivity contribution in [3.63, 3.8) is 0 Å². The summed E-state index contributed by atoms with van der Waals surface area (Å²) in [5, 5.41) is 3.35. The fourth-order valence-corrected chi connectivity index (χ4v) is 1.92. The maximum absolute atomic E-state index is 12.1. The van der Waals surface area contributed by atoms with Crippen LogP contribution >= 0.6 is 0 Å². The first-order chi connectivity index (χ1) is 9.91. The summed E-state index contributed by atoms with van der Waals surface area (Å²) >= 11 is 0. The maximum atomic E-state index is 12.1. The second kappa shape index (κ2) is 6.05. The van der Waals surface area contributed by atoms with Gasteiger partial charge in [-0.15, -0.1) is 5.06 Å². The molecule has 3 amide bonds. The van der Waals surface area contributed by atoms with Gasteiger partial charge in [-0.1, -0.05) is 26.0 Å². The lowest BCUT2D eigenvalue weighted by molar-refractivity contribution is -0.156. The van der Waals surface area contributed by atoms with Gasteiger partial charge in [-0.05, 0) is 25.0 Å². The third-order valence-electron chi connectivity index (χ3n) is 3.07. The number of carbonyl (C=O) groups excluding carboxylic acids is 3. The van der Waals surface area contributed by atoms with E-state index in [0.717, 1.165) is 0 Å². The molecule has 1 aliphatic rings. The number of hydrogen-bond donors (Lipinski definition) is 1. The quantitative estimate of drug-likeness (QED) is 0.831. The minimum atomic E-state index is -0.925. The second-order valence-corrected chi connectivity index (χ2v) is 5.34. The first-order valence-corrected chi connectivity index (χ1v) is 6.84. The van der Waals surface area contributed by atoms with E-state index in [1.807, 2.05) is 13.8 Å². The van der Waals surface area contributed by atoms with Crippen molar-refractivity contribution in [2.45, 2.75) is 26.9 Å². The van der Waals surface area contributed by atoms with Gasteiger partial charge >= 0.3 is 0 Å². The van der Waals surface area contributed by atoms with E-state index in [9.17, 15) is 14.4 Å². The molecule has 1 N–H and O–H groups in total. The largest absolute Gasteiger partial charge is 0.354 e. The summed E-state index contributed by atoms with van der Waals surface area (Å²) in [5.74, 6) is -1.14. The molecule has 0 aromatic heterocycles. The number of fused-ring (bicyclic) bond motifs is 1. The monoisotopic (exact) mass is 290 g/mol. The Kier molecular flexibility index (Phi) is 4.37. The zero-order valence-corrected chi connectivity index (χ0v) is 12.3. The Labute approximate surface area is 123 Å². The summed E-state index contributed by atoms with van der Waals surface area (Å²) in [5.41, 5.74) is 0.578. The van der Waals surface area contributed by atoms with Gasteiger partial charge in [0, 0.05) is 6.54 Å². The number of amides is 3. The van der Waals surface area contributed by atoms with E-state index in [-0.39, 0.29) is 17.0 Å². The van der Waals surface area contributed by atoms with Crippen molar-refractivity contribution in [3.8, 4) is 0 Å². The van der Waals surface area contributed by atoms with Crippen LogP contribution in [0.4, 0.5) is 0 Å². The molecule has 0 unspecified atom stereocenters. The zero-order valence-electron chi connectivity index (χ0n) is 12.3. The fourth-order valence-electron chi connectivity index (χ4n) is 1.92. The number of benzene rings is 1. The Morgan fingerprint density at radius 1 is 1.14 bits per heavy atom. The lowest BCUT2D eigenvalue weighted by Crippen LogP contribution is -2.42. The molecule has 1 aromatic rings. The molecular weight excluding hydrogens is 272 g/mol. The number of carbonyl (C=O) groups is 3. The van der Waals surface area contributed by atoms with Crippen LogP contribution in [0.15, 0.2) is 24.3 Å². The lowest BCUT2D eigenvalue weighted by atomic mass is 10.1. The third kappa shape index (κ3) is 3.11. The molecule has 1 atom stereocenters. The molecule has 0 spiro atoms. The van der Waals surface area contributed by atoms with Gasteiger partial charge in [0.15, 0.2) is 6.10 Å². The molecule has 6 nitrogen and oxygen atoms in total. The van der Waals surface area contributed by atoms with Crippen molar-refractivity contribution in [3.05, 3.63) is 35.4 Å². The van der Waals surface area contributed by atoms with Gasteiger partial charge in [0.25, 0.3) is 17.7 Å². The van der Waals surface area contributed by atoms with Crippen LogP contribution in [0.5, 0.6) is 0 Å². The van der Waals surface area contributed by atoms with E-state index in [4.69, 9.17) is 4.84 Å². The van der Waals surface area contributed by atoms with E-state index in [1.54, 1.807) is 24.3 Å². The molecule has 0 aliphatic carbocycles. The molecule has 1 aromatic carbocycles. The van der Waals surface area contributed by atoms with Crippen molar-refractivity contribution < 1.29 is 19.2 Å². The van der Waals surface area contributed by atoms with E-state index < -0.39 is 17.9 Å². The highest BCUT2D eigenvalue weighted by molar-refractivity contribution is 6.20. The number of nitrogens with one attached hydrogen (secondary N) is 1. The topological polar surface area (TPSA) is 75.7 Å². The van der Waals surface area contributed by atoms with Gasteiger partial charge in [-0.25, -0.2) is 4.84 Å². The predicted octanol–water partition coefficient (Wildman–Crippen LogP) is 1.37. The Bertz CT molecular complexity index is 548. The summed E-state index contributed by atoms with van der Waals surface area (Å²) in [6, 6.07) is 6.46. The average molecular weight is 290 g/mol. The normalized spacial score (nSPS) is 15.3. The first-order valence-electron chi connectivity index (χ1n) is 6.84. The van der Waals surface area contributed by atoms with Crippen molar-refractivity contribution in [2.75, 3.05) is 6.54 Å². The third-order valence-corrected chi connectivity index (χ3v) is 3.07. The smallest absolute Gasteiger partial charge is 0.285 e. The van der Waals surface area contributed by atoms with Gasteiger partial charge < -0.3 is 5.32 Å². The minimum Gasteiger partial charge on any atom is -0.354 e. The van der Waals surface area contributed by atoms with Crippen molar-refractivity contribution in [2.24, 2.45) is 5.92 Å². The Morgan fingerprint density at radius 2 is 1.67 bits per heavy atom. The van der Waals surface area contributed by atoms with Gasteiger partial charge in [0.05, 0.1) is 11.1 Å². The number of rotatable bonds is 5. The molecule has 2 rings (SSSR count). The van der Waals surface area contributed by atoms with Gasteiger partial charge in [-0.2, -0.15) is 0 Å². The molecule has 6 heteroatoms. The summed E-state index contributed by atoms with van der Waals surface area (Å²) in [4.78, 5) is 41.2. The van der Waals surface area contributed by atoms with Crippen molar-refractivity contribution in [1.82, 2.24) is 10.4 Å². The molecule has 112 valence electrons. The zero-order chi connectivity index (χ0) is 15.6. The highest BCUT2D eigenvalue weighted by atomic mass is 16.7. The second-order valence-electron chi connectivity index (χ2n) is 5.34. The number of imide groups is 1. The summed E-state index contributed by atoms with van der Waals surface area (Å²) in [7, 11) is 0. The first kappa shape index (κ1) is 15.2. The highest BCUT2D eigenvalue weighted by Crippen LogP contribution is 2.23. The minimum absolute atomic E-state index is 0.289. The van der Waals surface area contributed by atoms with E-state index >= 15 is 0 Å². The van der Waals surface area contributed by atoms with E-state index in [1.165, 1.54) is 6.92 Å². The SMILES string of the molecule is CC(C)CNC(=O)[C@H](C)ON1C(=O)c2ccccc2C1=O. The number of hydrogen-bond acceptors (Lipinski definition) is 4. The fraction of sp³-hybridized carbons (Fsp3) is 0.400. The molecule has 0 saturated heterocycles. The van der Waals surface area contributed by atoms with Crippen molar-refractivity contribution >= 4 is 17.7 Å². The van der Waals surface area contributed by atoms with Gasteiger partial charge in [0.2, 0.25) is 0 Å². The molecule has 0 bridgehead atoms. The van der Waals surface area contributed by atoms with Crippen LogP contribution in [-0.4, -0.2) is 35.4 Å². The molecule has 0 fully saturated rings. The Morgan fingerprint density at radius 3 is 2.14 bits per heavy atom. The van der Waals surface area contributed by atoms with Gasteiger partial charge in [0.1, 0.15) is 0 Å². The van der Waals surface area contributed by atoms with E-state index in [2.05, 4.69) is 5.32 Å². The maximum Gasteiger partial charge on any atom is 0.285 e. The lowest BCUT2D eigenvalue weighted by Gasteiger charge is -2.19. The highest BCUT2D eigenvalue weighted by Gasteiger charge is 2.38. The molecule has 0 radical (unpaired) electrons. The van der Waals surface area contributed by atoms with Crippen LogP contribution in [0.3, 0.4) is 0 Å².